The number of rotatable bonds is 4. The van der Waals surface area contributed by atoms with Crippen molar-refractivity contribution in [2.75, 3.05) is 33.2 Å². The highest BCUT2D eigenvalue weighted by Gasteiger charge is 2.39. The standard InChI is InChI=1S/C20H29N3O3/c1-16(22(2)19(25)26-14-17-6-4-3-5-7-17)18(24)23-12-9-20(10-13-23)8-11-21-15-20/h3-7,16,21H,8-15H2,1-2H3/t16-/m1/s1. The van der Waals surface area contributed by atoms with Gasteiger partial charge in [0.05, 0.1) is 0 Å². The zero-order valence-electron chi connectivity index (χ0n) is 15.7. The maximum atomic E-state index is 12.8. The zero-order valence-corrected chi connectivity index (χ0v) is 15.7. The van der Waals surface area contributed by atoms with Crippen LogP contribution in [0.25, 0.3) is 0 Å². The molecule has 0 bridgehead atoms. The van der Waals surface area contributed by atoms with Crippen LogP contribution >= 0.6 is 0 Å². The number of carbonyl (C=O) groups excluding carboxylic acids is 2. The fourth-order valence-corrected chi connectivity index (χ4v) is 3.83. The first-order valence-electron chi connectivity index (χ1n) is 9.44. The molecule has 0 aromatic heterocycles. The molecule has 2 heterocycles. The normalized spacial score (nSPS) is 20.0. The molecule has 2 aliphatic heterocycles. The summed E-state index contributed by atoms with van der Waals surface area (Å²) in [5.74, 6) is 0.00460. The molecule has 0 radical (unpaired) electrons. The van der Waals surface area contributed by atoms with E-state index in [0.717, 1.165) is 44.6 Å². The number of hydrogen-bond acceptors (Lipinski definition) is 4. The molecule has 2 saturated heterocycles. The van der Waals surface area contributed by atoms with Crippen LogP contribution in [-0.2, 0) is 16.1 Å². The smallest absolute Gasteiger partial charge is 0.410 e. The van der Waals surface area contributed by atoms with E-state index in [0.29, 0.717) is 5.41 Å². The topological polar surface area (TPSA) is 61.9 Å². The van der Waals surface area contributed by atoms with Crippen LogP contribution < -0.4 is 5.32 Å². The summed E-state index contributed by atoms with van der Waals surface area (Å²) >= 11 is 0. The number of piperidine rings is 1. The van der Waals surface area contributed by atoms with E-state index >= 15 is 0 Å². The lowest BCUT2D eigenvalue weighted by Crippen LogP contribution is -2.51. The van der Waals surface area contributed by atoms with E-state index in [4.69, 9.17) is 4.74 Å². The van der Waals surface area contributed by atoms with E-state index in [1.54, 1.807) is 14.0 Å². The minimum absolute atomic E-state index is 0.00460. The lowest BCUT2D eigenvalue weighted by Gasteiger charge is -2.40. The van der Waals surface area contributed by atoms with Gasteiger partial charge >= 0.3 is 6.09 Å². The van der Waals surface area contributed by atoms with Crippen molar-refractivity contribution in [1.82, 2.24) is 15.1 Å². The maximum absolute atomic E-state index is 12.8. The molecule has 2 aliphatic rings. The Morgan fingerprint density at radius 1 is 1.23 bits per heavy atom. The molecule has 0 unspecified atom stereocenters. The van der Waals surface area contributed by atoms with Crippen molar-refractivity contribution in [3.05, 3.63) is 35.9 Å². The Balaban J connectivity index is 1.48. The lowest BCUT2D eigenvalue weighted by atomic mass is 9.78. The van der Waals surface area contributed by atoms with Gasteiger partial charge in [-0.1, -0.05) is 30.3 Å². The molecule has 1 aromatic rings. The lowest BCUT2D eigenvalue weighted by molar-refractivity contribution is -0.137. The first-order chi connectivity index (χ1) is 12.5. The number of amides is 2. The zero-order chi connectivity index (χ0) is 18.6. The second kappa shape index (κ2) is 8.08. The number of carbonyl (C=O) groups is 2. The highest BCUT2D eigenvalue weighted by Crippen LogP contribution is 2.37. The van der Waals surface area contributed by atoms with Crippen LogP contribution in [0.2, 0.25) is 0 Å². The minimum atomic E-state index is -0.519. The molecule has 2 amide bonds. The number of nitrogens with zero attached hydrogens (tertiary/aromatic N) is 2. The molecule has 2 fully saturated rings. The molecule has 1 atom stereocenters. The van der Waals surface area contributed by atoms with Crippen molar-refractivity contribution < 1.29 is 14.3 Å². The summed E-state index contributed by atoms with van der Waals surface area (Å²) in [4.78, 5) is 28.3. The van der Waals surface area contributed by atoms with Gasteiger partial charge in [-0.3, -0.25) is 9.69 Å². The van der Waals surface area contributed by atoms with Crippen molar-refractivity contribution in [3.63, 3.8) is 0 Å². The Labute approximate surface area is 155 Å². The van der Waals surface area contributed by atoms with Gasteiger partial charge in [-0.2, -0.15) is 0 Å². The molecule has 1 aromatic carbocycles. The van der Waals surface area contributed by atoms with Gasteiger partial charge in [0.25, 0.3) is 0 Å². The molecular weight excluding hydrogens is 330 g/mol. The summed E-state index contributed by atoms with van der Waals surface area (Å²) in [5.41, 5.74) is 1.31. The van der Waals surface area contributed by atoms with Crippen LogP contribution in [0.1, 0.15) is 31.7 Å². The van der Waals surface area contributed by atoms with Gasteiger partial charge in [0.1, 0.15) is 12.6 Å². The summed E-state index contributed by atoms with van der Waals surface area (Å²) in [6.07, 6.45) is 2.82. The summed E-state index contributed by atoms with van der Waals surface area (Å²) < 4.78 is 5.33. The number of benzene rings is 1. The van der Waals surface area contributed by atoms with Crippen LogP contribution in [0.3, 0.4) is 0 Å². The first-order valence-corrected chi connectivity index (χ1v) is 9.44. The summed E-state index contributed by atoms with van der Waals surface area (Å²) in [5, 5.41) is 3.44. The van der Waals surface area contributed by atoms with Crippen molar-refractivity contribution in [2.24, 2.45) is 5.41 Å². The van der Waals surface area contributed by atoms with Gasteiger partial charge in [-0.05, 0) is 43.7 Å². The van der Waals surface area contributed by atoms with E-state index in [1.165, 1.54) is 11.3 Å². The highest BCUT2D eigenvalue weighted by molar-refractivity contribution is 5.85. The minimum Gasteiger partial charge on any atom is -0.445 e. The number of hydrogen-bond donors (Lipinski definition) is 1. The van der Waals surface area contributed by atoms with Gasteiger partial charge in [-0.25, -0.2) is 4.79 Å². The molecule has 142 valence electrons. The second-order valence-electron chi connectivity index (χ2n) is 7.58. The monoisotopic (exact) mass is 359 g/mol. The molecule has 0 saturated carbocycles. The molecule has 1 N–H and O–H groups in total. The number of ether oxygens (including phenoxy) is 1. The predicted octanol–water partition coefficient (Wildman–Crippen LogP) is 2.25. The summed E-state index contributed by atoms with van der Waals surface area (Å²) in [6.45, 7) is 5.68. The number of nitrogens with one attached hydrogen (secondary N) is 1. The van der Waals surface area contributed by atoms with Crippen molar-refractivity contribution in [2.45, 2.75) is 38.8 Å². The second-order valence-corrected chi connectivity index (χ2v) is 7.58. The Bertz CT molecular complexity index is 618. The Morgan fingerprint density at radius 3 is 2.54 bits per heavy atom. The van der Waals surface area contributed by atoms with Gasteiger partial charge in [-0.15, -0.1) is 0 Å². The van der Waals surface area contributed by atoms with Crippen molar-refractivity contribution in [1.29, 1.82) is 0 Å². The fourth-order valence-electron chi connectivity index (χ4n) is 3.83. The van der Waals surface area contributed by atoms with Crippen LogP contribution in [0, 0.1) is 5.41 Å². The van der Waals surface area contributed by atoms with E-state index in [9.17, 15) is 9.59 Å². The summed E-state index contributed by atoms with van der Waals surface area (Å²) in [7, 11) is 1.63. The summed E-state index contributed by atoms with van der Waals surface area (Å²) in [6, 6.07) is 9.02. The van der Waals surface area contributed by atoms with Gasteiger partial charge in [0, 0.05) is 26.7 Å². The van der Waals surface area contributed by atoms with E-state index < -0.39 is 12.1 Å². The van der Waals surface area contributed by atoms with Gasteiger partial charge in [0.15, 0.2) is 0 Å². The number of likely N-dealkylation sites (tertiary alicyclic amines) is 1. The Kier molecular flexibility index (Phi) is 5.81. The van der Waals surface area contributed by atoms with E-state index in [2.05, 4.69) is 5.32 Å². The van der Waals surface area contributed by atoms with E-state index in [1.807, 2.05) is 35.2 Å². The third-order valence-electron chi connectivity index (χ3n) is 5.90. The Hall–Kier alpha value is -2.08. The van der Waals surface area contributed by atoms with Crippen LogP contribution in [0.15, 0.2) is 30.3 Å². The van der Waals surface area contributed by atoms with E-state index in [-0.39, 0.29) is 12.5 Å². The molecule has 3 rings (SSSR count). The maximum Gasteiger partial charge on any atom is 0.410 e. The molecule has 26 heavy (non-hydrogen) atoms. The van der Waals surface area contributed by atoms with Crippen LogP contribution in [-0.4, -0.2) is 61.1 Å². The van der Waals surface area contributed by atoms with Gasteiger partial charge < -0.3 is 15.0 Å². The molecular formula is C20H29N3O3. The molecule has 1 spiro atoms. The Morgan fingerprint density at radius 2 is 1.92 bits per heavy atom. The molecule has 0 aliphatic carbocycles. The molecule has 6 nitrogen and oxygen atoms in total. The number of likely N-dealkylation sites (N-methyl/N-ethyl adjacent to an activating group) is 1. The largest absolute Gasteiger partial charge is 0.445 e. The third kappa shape index (κ3) is 4.18. The average molecular weight is 359 g/mol. The quantitative estimate of drug-likeness (QED) is 0.896. The third-order valence-corrected chi connectivity index (χ3v) is 5.90. The predicted molar refractivity (Wildman–Crippen MR) is 99.6 cm³/mol. The highest BCUT2D eigenvalue weighted by atomic mass is 16.6. The first kappa shape index (κ1) is 18.7. The fraction of sp³-hybridized carbons (Fsp3) is 0.600. The average Bonchev–Trinajstić information content (AvgIpc) is 3.13. The van der Waals surface area contributed by atoms with Crippen molar-refractivity contribution in [3.8, 4) is 0 Å². The van der Waals surface area contributed by atoms with Crippen LogP contribution in [0.4, 0.5) is 4.79 Å². The van der Waals surface area contributed by atoms with Crippen molar-refractivity contribution >= 4 is 12.0 Å². The molecule has 6 heteroatoms. The SMILES string of the molecule is C[C@H](C(=O)N1CCC2(CCNC2)CC1)N(C)C(=O)OCc1ccccc1. The van der Waals surface area contributed by atoms with Gasteiger partial charge in [0.2, 0.25) is 5.91 Å². The van der Waals surface area contributed by atoms with Crippen LogP contribution in [0.5, 0.6) is 0 Å².